The number of benzene rings is 1. The Labute approximate surface area is 135 Å². The number of nitrogens with one attached hydrogen (secondary N) is 2. The first-order chi connectivity index (χ1) is 11.3. The van der Waals surface area contributed by atoms with Crippen LogP contribution in [0.1, 0.15) is 6.42 Å². The van der Waals surface area contributed by atoms with Crippen molar-refractivity contribution in [1.82, 2.24) is 20.2 Å². The predicted molar refractivity (Wildman–Crippen MR) is 91.2 cm³/mol. The molecule has 0 bridgehead atoms. The quantitative estimate of drug-likeness (QED) is 0.821. The lowest BCUT2D eigenvalue weighted by Crippen LogP contribution is -2.39. The van der Waals surface area contributed by atoms with Crippen LogP contribution in [-0.4, -0.2) is 60.0 Å². The number of nitrogens with zero attached hydrogens (tertiary/aromatic N) is 3. The second-order valence-corrected chi connectivity index (χ2v) is 5.68. The van der Waals surface area contributed by atoms with Gasteiger partial charge in [0.25, 0.3) is 0 Å². The number of anilines is 1. The van der Waals surface area contributed by atoms with Crippen molar-refractivity contribution in [2.75, 3.05) is 44.2 Å². The molecule has 1 saturated heterocycles. The average molecular weight is 311 g/mol. The number of aromatic amines is 1. The van der Waals surface area contributed by atoms with Crippen LogP contribution in [0.4, 0.5) is 5.95 Å². The van der Waals surface area contributed by atoms with Crippen molar-refractivity contribution in [3.8, 4) is 12.3 Å². The summed E-state index contributed by atoms with van der Waals surface area (Å²) in [6.45, 7) is 4.21. The maximum atomic E-state index is 11.8. The molecule has 6 heteroatoms. The number of carbonyl (C=O) groups is 1. The Bertz CT molecular complexity index is 684. The number of fused-ring (bicyclic) bond motifs is 1. The molecule has 0 radical (unpaired) electrons. The molecule has 23 heavy (non-hydrogen) atoms. The number of H-pyrrole nitrogens is 1. The van der Waals surface area contributed by atoms with E-state index >= 15 is 0 Å². The molecular formula is C17H21N5O. The summed E-state index contributed by atoms with van der Waals surface area (Å²) in [4.78, 5) is 24.2. The summed E-state index contributed by atoms with van der Waals surface area (Å²) in [5.41, 5.74) is 2.04. The Hall–Kier alpha value is -2.52. The molecule has 6 nitrogen and oxygen atoms in total. The molecule has 0 saturated carbocycles. The van der Waals surface area contributed by atoms with Gasteiger partial charge in [0.05, 0.1) is 24.1 Å². The van der Waals surface area contributed by atoms with Crippen LogP contribution >= 0.6 is 0 Å². The van der Waals surface area contributed by atoms with Crippen molar-refractivity contribution in [2.45, 2.75) is 6.42 Å². The molecular weight excluding hydrogens is 290 g/mol. The van der Waals surface area contributed by atoms with E-state index in [0.29, 0.717) is 6.54 Å². The van der Waals surface area contributed by atoms with E-state index in [1.165, 1.54) is 0 Å². The number of amides is 1. The fraction of sp³-hybridized carbons (Fsp3) is 0.412. The second kappa shape index (κ2) is 7.16. The summed E-state index contributed by atoms with van der Waals surface area (Å²) in [6, 6.07) is 8.04. The normalized spacial score (nSPS) is 16.0. The minimum Gasteiger partial charge on any atom is -0.344 e. The third kappa shape index (κ3) is 3.82. The number of hydrogen-bond donors (Lipinski definition) is 2. The molecule has 2 heterocycles. The summed E-state index contributed by atoms with van der Waals surface area (Å²) in [5.74, 6) is 3.31. The van der Waals surface area contributed by atoms with Gasteiger partial charge in [-0.15, -0.1) is 6.42 Å². The van der Waals surface area contributed by atoms with Crippen molar-refractivity contribution in [2.24, 2.45) is 0 Å². The summed E-state index contributed by atoms with van der Waals surface area (Å²) < 4.78 is 0. The molecule has 0 spiro atoms. The van der Waals surface area contributed by atoms with E-state index in [0.717, 1.165) is 49.6 Å². The zero-order valence-electron chi connectivity index (χ0n) is 13.1. The fourth-order valence-electron chi connectivity index (χ4n) is 2.84. The molecule has 1 fully saturated rings. The Morgan fingerprint density at radius 2 is 2.17 bits per heavy atom. The highest BCUT2D eigenvalue weighted by Crippen LogP contribution is 2.18. The molecule has 1 aromatic carbocycles. The second-order valence-electron chi connectivity index (χ2n) is 5.68. The van der Waals surface area contributed by atoms with Crippen molar-refractivity contribution in [3.05, 3.63) is 24.3 Å². The monoisotopic (exact) mass is 311 g/mol. The number of rotatable bonds is 4. The smallest absolute Gasteiger partial charge is 0.234 e. The molecule has 120 valence electrons. The molecule has 1 aliphatic rings. The first kappa shape index (κ1) is 15.4. The van der Waals surface area contributed by atoms with Crippen LogP contribution in [0.15, 0.2) is 24.3 Å². The van der Waals surface area contributed by atoms with E-state index in [1.807, 2.05) is 24.3 Å². The van der Waals surface area contributed by atoms with E-state index in [4.69, 9.17) is 6.42 Å². The van der Waals surface area contributed by atoms with Gasteiger partial charge < -0.3 is 15.2 Å². The molecule has 0 atom stereocenters. The minimum absolute atomic E-state index is 0.0138. The van der Waals surface area contributed by atoms with Gasteiger partial charge in [-0.3, -0.25) is 9.69 Å². The number of carbonyl (C=O) groups excluding carboxylic acids is 1. The molecule has 0 aliphatic carbocycles. The molecule has 1 aromatic heterocycles. The van der Waals surface area contributed by atoms with Gasteiger partial charge in [-0.05, 0) is 18.6 Å². The molecule has 2 aromatic rings. The first-order valence-corrected chi connectivity index (χ1v) is 7.88. The average Bonchev–Trinajstić information content (AvgIpc) is 2.86. The number of para-hydroxylation sites is 2. The van der Waals surface area contributed by atoms with Crippen molar-refractivity contribution in [3.63, 3.8) is 0 Å². The van der Waals surface area contributed by atoms with Gasteiger partial charge in [0.15, 0.2) is 0 Å². The lowest BCUT2D eigenvalue weighted by molar-refractivity contribution is -0.121. The molecule has 1 amide bonds. The Morgan fingerprint density at radius 1 is 1.30 bits per heavy atom. The maximum absolute atomic E-state index is 11.8. The van der Waals surface area contributed by atoms with Crippen molar-refractivity contribution < 1.29 is 4.79 Å². The van der Waals surface area contributed by atoms with Crippen LogP contribution in [0.25, 0.3) is 11.0 Å². The van der Waals surface area contributed by atoms with E-state index < -0.39 is 0 Å². The number of aromatic nitrogens is 2. The van der Waals surface area contributed by atoms with Crippen LogP contribution in [0.2, 0.25) is 0 Å². The Morgan fingerprint density at radius 3 is 3.00 bits per heavy atom. The van der Waals surface area contributed by atoms with Crippen LogP contribution in [0.3, 0.4) is 0 Å². The number of terminal acetylenes is 1. The summed E-state index contributed by atoms with van der Waals surface area (Å²) in [5, 5.41) is 2.71. The van der Waals surface area contributed by atoms with Crippen LogP contribution in [-0.2, 0) is 4.79 Å². The lowest BCUT2D eigenvalue weighted by Gasteiger charge is -2.20. The third-order valence-electron chi connectivity index (χ3n) is 4.02. The van der Waals surface area contributed by atoms with E-state index in [-0.39, 0.29) is 12.5 Å². The van der Waals surface area contributed by atoms with Crippen LogP contribution < -0.4 is 10.2 Å². The van der Waals surface area contributed by atoms with Gasteiger partial charge in [0.1, 0.15) is 0 Å². The fourth-order valence-corrected chi connectivity index (χ4v) is 2.84. The predicted octanol–water partition coefficient (Wildman–Crippen LogP) is 0.824. The van der Waals surface area contributed by atoms with Gasteiger partial charge in [-0.1, -0.05) is 18.1 Å². The van der Waals surface area contributed by atoms with E-state index in [9.17, 15) is 4.79 Å². The van der Waals surface area contributed by atoms with Gasteiger partial charge in [0.2, 0.25) is 11.9 Å². The van der Waals surface area contributed by atoms with Crippen LogP contribution in [0.5, 0.6) is 0 Å². The van der Waals surface area contributed by atoms with Gasteiger partial charge >= 0.3 is 0 Å². The van der Waals surface area contributed by atoms with Crippen molar-refractivity contribution in [1.29, 1.82) is 0 Å². The van der Waals surface area contributed by atoms with Gasteiger partial charge in [-0.2, -0.15) is 0 Å². The van der Waals surface area contributed by atoms with E-state index in [2.05, 4.69) is 31.0 Å². The standard InChI is InChI=1S/C17H21N5O/c1-2-8-18-16(23)13-21-9-5-10-22(12-11-21)17-19-14-6-3-4-7-15(14)20-17/h1,3-4,6-7H,5,8-13H2,(H,18,23)(H,19,20). The van der Waals surface area contributed by atoms with Gasteiger partial charge in [-0.25, -0.2) is 4.98 Å². The van der Waals surface area contributed by atoms with E-state index in [1.54, 1.807) is 0 Å². The topological polar surface area (TPSA) is 64.3 Å². The molecule has 1 aliphatic heterocycles. The summed E-state index contributed by atoms with van der Waals surface area (Å²) in [6.07, 6.45) is 6.15. The molecule has 0 unspecified atom stereocenters. The SMILES string of the molecule is C#CCNC(=O)CN1CCCN(c2nc3ccccc3[nH]2)CC1. The highest BCUT2D eigenvalue weighted by atomic mass is 16.2. The lowest BCUT2D eigenvalue weighted by atomic mass is 10.3. The zero-order valence-corrected chi connectivity index (χ0v) is 13.1. The van der Waals surface area contributed by atoms with Gasteiger partial charge in [0, 0.05) is 26.2 Å². The maximum Gasteiger partial charge on any atom is 0.234 e. The third-order valence-corrected chi connectivity index (χ3v) is 4.02. The zero-order chi connectivity index (χ0) is 16.1. The largest absolute Gasteiger partial charge is 0.344 e. The highest BCUT2D eigenvalue weighted by Gasteiger charge is 2.19. The molecule has 2 N–H and O–H groups in total. The highest BCUT2D eigenvalue weighted by molar-refractivity contribution is 5.78. The van der Waals surface area contributed by atoms with Crippen molar-refractivity contribution >= 4 is 22.9 Å². The Balaban J connectivity index is 1.60. The Kier molecular flexibility index (Phi) is 4.79. The number of hydrogen-bond acceptors (Lipinski definition) is 4. The number of imidazole rings is 1. The van der Waals surface area contributed by atoms with Crippen LogP contribution in [0, 0.1) is 12.3 Å². The summed E-state index contributed by atoms with van der Waals surface area (Å²) >= 11 is 0. The summed E-state index contributed by atoms with van der Waals surface area (Å²) in [7, 11) is 0. The minimum atomic E-state index is -0.0138. The first-order valence-electron chi connectivity index (χ1n) is 7.88. The molecule has 3 rings (SSSR count).